The lowest BCUT2D eigenvalue weighted by Gasteiger charge is -2.24. The van der Waals surface area contributed by atoms with Crippen LogP contribution >= 0.6 is 0 Å². The summed E-state index contributed by atoms with van der Waals surface area (Å²) < 4.78 is 0. The quantitative estimate of drug-likeness (QED) is 0.723. The molecule has 0 radical (unpaired) electrons. The molecule has 0 bridgehead atoms. The highest BCUT2D eigenvalue weighted by Gasteiger charge is 2.19. The van der Waals surface area contributed by atoms with Gasteiger partial charge in [0.25, 0.3) is 0 Å². The Bertz CT molecular complexity index is 511. The second-order valence-electron chi connectivity index (χ2n) is 5.52. The Kier molecular flexibility index (Phi) is 4.38. The van der Waals surface area contributed by atoms with Crippen LogP contribution in [-0.4, -0.2) is 17.5 Å². The zero-order chi connectivity index (χ0) is 14.6. The van der Waals surface area contributed by atoms with Crippen molar-refractivity contribution in [3.8, 4) is 6.07 Å². The second-order valence-corrected chi connectivity index (χ2v) is 5.52. The molecule has 1 aromatic carbocycles. The smallest absolute Gasteiger partial charge is 0.242 e. The van der Waals surface area contributed by atoms with Gasteiger partial charge in [-0.2, -0.15) is 5.26 Å². The molecule has 0 saturated carbocycles. The van der Waals surface area contributed by atoms with E-state index in [1.54, 1.807) is 25.1 Å². The topological polar surface area (TPSA) is 90.9 Å². The molecule has 19 heavy (non-hydrogen) atoms. The van der Waals surface area contributed by atoms with Crippen molar-refractivity contribution in [3.63, 3.8) is 0 Å². The highest BCUT2D eigenvalue weighted by atomic mass is 16.2. The highest BCUT2D eigenvalue weighted by molar-refractivity contribution is 5.86. The highest BCUT2D eigenvalue weighted by Crippen LogP contribution is 2.20. The van der Waals surface area contributed by atoms with Crippen LogP contribution in [0.15, 0.2) is 18.2 Å². The van der Waals surface area contributed by atoms with Crippen molar-refractivity contribution in [1.82, 2.24) is 5.32 Å². The van der Waals surface area contributed by atoms with E-state index in [1.165, 1.54) is 0 Å². The number of carbonyl (C=O) groups is 1. The maximum atomic E-state index is 11.9. The summed E-state index contributed by atoms with van der Waals surface area (Å²) in [6.07, 6.45) is 0. The predicted molar refractivity (Wildman–Crippen MR) is 76.5 cm³/mol. The van der Waals surface area contributed by atoms with E-state index >= 15 is 0 Å². The first-order chi connectivity index (χ1) is 8.73. The summed E-state index contributed by atoms with van der Waals surface area (Å²) in [4.78, 5) is 11.9. The Morgan fingerprint density at radius 2 is 2.05 bits per heavy atom. The Balaban J connectivity index is 2.80. The fourth-order valence-electron chi connectivity index (χ4n) is 1.53. The Hall–Kier alpha value is -2.22. The van der Waals surface area contributed by atoms with Crippen molar-refractivity contribution in [1.29, 1.82) is 5.26 Å². The molecule has 0 heterocycles. The van der Waals surface area contributed by atoms with Crippen molar-refractivity contribution in [2.45, 2.75) is 39.3 Å². The molecule has 0 aromatic heterocycles. The zero-order valence-electron chi connectivity index (χ0n) is 11.7. The zero-order valence-corrected chi connectivity index (χ0v) is 11.7. The molecule has 1 aromatic rings. The van der Waals surface area contributed by atoms with Crippen LogP contribution in [0, 0.1) is 11.3 Å². The molecule has 1 atom stereocenters. The van der Waals surface area contributed by atoms with E-state index in [0.717, 1.165) is 0 Å². The molecule has 1 amide bonds. The number of hydrogen-bond acceptors (Lipinski definition) is 4. The molecule has 102 valence electrons. The third-order valence-electron chi connectivity index (χ3n) is 2.45. The number of carbonyl (C=O) groups excluding carboxylic acids is 1. The Labute approximate surface area is 113 Å². The molecular weight excluding hydrogens is 240 g/mol. The van der Waals surface area contributed by atoms with Crippen LogP contribution in [0.1, 0.15) is 33.3 Å². The largest absolute Gasteiger partial charge is 0.397 e. The number of nitrogens with one attached hydrogen (secondary N) is 2. The molecule has 0 aliphatic carbocycles. The van der Waals surface area contributed by atoms with Crippen LogP contribution in [0.2, 0.25) is 0 Å². The first-order valence-corrected chi connectivity index (χ1v) is 6.11. The lowest BCUT2D eigenvalue weighted by Crippen LogP contribution is -2.47. The third-order valence-corrected chi connectivity index (χ3v) is 2.45. The normalized spacial score (nSPS) is 12.4. The second kappa shape index (κ2) is 5.61. The molecule has 1 rings (SSSR count). The van der Waals surface area contributed by atoms with E-state index in [-0.39, 0.29) is 11.4 Å². The van der Waals surface area contributed by atoms with Gasteiger partial charge in [0, 0.05) is 5.54 Å². The number of nitrogens with zero attached hydrogens (tertiary/aromatic N) is 1. The van der Waals surface area contributed by atoms with E-state index < -0.39 is 6.04 Å². The number of nitrogens with two attached hydrogens (primary N) is 1. The Morgan fingerprint density at radius 1 is 1.42 bits per heavy atom. The van der Waals surface area contributed by atoms with Gasteiger partial charge in [-0.25, -0.2) is 0 Å². The molecule has 0 saturated heterocycles. The van der Waals surface area contributed by atoms with E-state index in [2.05, 4.69) is 10.6 Å². The van der Waals surface area contributed by atoms with Gasteiger partial charge in [-0.3, -0.25) is 4.79 Å². The summed E-state index contributed by atoms with van der Waals surface area (Å²) in [6.45, 7) is 7.51. The summed E-state index contributed by atoms with van der Waals surface area (Å²) in [5, 5.41) is 14.8. The van der Waals surface area contributed by atoms with Crippen molar-refractivity contribution in [3.05, 3.63) is 23.8 Å². The molecule has 5 nitrogen and oxygen atoms in total. The molecule has 0 fully saturated rings. The van der Waals surface area contributed by atoms with Gasteiger partial charge < -0.3 is 16.4 Å². The summed E-state index contributed by atoms with van der Waals surface area (Å²) in [7, 11) is 0. The first-order valence-electron chi connectivity index (χ1n) is 6.11. The Morgan fingerprint density at radius 3 is 2.58 bits per heavy atom. The molecule has 0 aliphatic rings. The monoisotopic (exact) mass is 260 g/mol. The maximum absolute atomic E-state index is 11.9. The van der Waals surface area contributed by atoms with Crippen molar-refractivity contribution in [2.24, 2.45) is 0 Å². The van der Waals surface area contributed by atoms with Crippen LogP contribution < -0.4 is 16.4 Å². The van der Waals surface area contributed by atoms with Crippen LogP contribution in [-0.2, 0) is 4.79 Å². The average molecular weight is 260 g/mol. The van der Waals surface area contributed by atoms with Gasteiger partial charge in [0.1, 0.15) is 6.04 Å². The molecule has 1 unspecified atom stereocenters. The van der Waals surface area contributed by atoms with Crippen molar-refractivity contribution >= 4 is 17.3 Å². The molecule has 5 heteroatoms. The van der Waals surface area contributed by atoms with Crippen molar-refractivity contribution in [2.75, 3.05) is 11.1 Å². The number of benzene rings is 1. The minimum Gasteiger partial charge on any atom is -0.397 e. The van der Waals surface area contributed by atoms with Gasteiger partial charge in [-0.1, -0.05) is 0 Å². The molecule has 0 spiro atoms. The van der Waals surface area contributed by atoms with Gasteiger partial charge in [-0.05, 0) is 45.9 Å². The average Bonchev–Trinajstić information content (AvgIpc) is 2.29. The van der Waals surface area contributed by atoms with Crippen molar-refractivity contribution < 1.29 is 4.79 Å². The minimum atomic E-state index is -0.435. The fourth-order valence-corrected chi connectivity index (χ4v) is 1.53. The van der Waals surface area contributed by atoms with E-state index in [4.69, 9.17) is 11.0 Å². The number of anilines is 2. The van der Waals surface area contributed by atoms with E-state index in [0.29, 0.717) is 16.9 Å². The van der Waals surface area contributed by atoms with Gasteiger partial charge in [0.15, 0.2) is 0 Å². The van der Waals surface area contributed by atoms with Gasteiger partial charge in [0.2, 0.25) is 5.91 Å². The van der Waals surface area contributed by atoms with Gasteiger partial charge in [-0.15, -0.1) is 0 Å². The third kappa shape index (κ3) is 4.51. The number of rotatable bonds is 3. The van der Waals surface area contributed by atoms with Crippen LogP contribution in [0.5, 0.6) is 0 Å². The van der Waals surface area contributed by atoms with E-state index in [9.17, 15) is 4.79 Å². The molecular formula is C14H20N4O. The fraction of sp³-hybridized carbons (Fsp3) is 0.429. The molecule has 4 N–H and O–H groups in total. The van der Waals surface area contributed by atoms with Crippen LogP contribution in [0.3, 0.4) is 0 Å². The lowest BCUT2D eigenvalue weighted by molar-refractivity contribution is -0.122. The van der Waals surface area contributed by atoms with E-state index in [1.807, 2.05) is 26.8 Å². The summed E-state index contributed by atoms with van der Waals surface area (Å²) in [5.74, 6) is -0.116. The number of amides is 1. The molecule has 0 aliphatic heterocycles. The SMILES string of the molecule is CC(Nc1cc(C#N)ccc1N)C(=O)NC(C)(C)C. The number of nitrogen functional groups attached to an aromatic ring is 1. The van der Waals surface area contributed by atoms with Gasteiger partial charge in [0.05, 0.1) is 23.0 Å². The number of hydrogen-bond donors (Lipinski definition) is 3. The maximum Gasteiger partial charge on any atom is 0.242 e. The number of nitriles is 1. The lowest BCUT2D eigenvalue weighted by atomic mass is 10.1. The summed E-state index contributed by atoms with van der Waals surface area (Å²) in [6, 6.07) is 6.53. The summed E-state index contributed by atoms with van der Waals surface area (Å²) in [5.41, 5.74) is 7.13. The first kappa shape index (κ1) is 14.8. The van der Waals surface area contributed by atoms with Gasteiger partial charge >= 0.3 is 0 Å². The standard InChI is InChI=1S/C14H20N4O/c1-9(13(19)18-14(2,3)4)17-12-7-10(8-15)5-6-11(12)16/h5-7,9,17H,16H2,1-4H3,(H,18,19). The predicted octanol–water partition coefficient (Wildman–Crippen LogP) is 1.86. The van der Waals surface area contributed by atoms with Crippen LogP contribution in [0.25, 0.3) is 0 Å². The van der Waals surface area contributed by atoms with Crippen LogP contribution in [0.4, 0.5) is 11.4 Å². The summed E-state index contributed by atoms with van der Waals surface area (Å²) >= 11 is 0. The minimum absolute atomic E-state index is 0.116.